The number of aryl methyl sites for hydroxylation is 4. The average molecular weight is 327 g/mol. The molecule has 0 radical (unpaired) electrons. The quantitative estimate of drug-likeness (QED) is 0.562. The van der Waals surface area contributed by atoms with Gasteiger partial charge in [0.1, 0.15) is 0 Å². The van der Waals surface area contributed by atoms with Crippen LogP contribution in [0, 0.1) is 23.7 Å². The Kier molecular flexibility index (Phi) is 6.06. The number of hydrogen-bond donors (Lipinski definition) is 0. The van der Waals surface area contributed by atoms with E-state index in [0.29, 0.717) is 0 Å². The molecular weight excluding hydrogens is 288 g/mol. The zero-order chi connectivity index (χ0) is 17.1. The van der Waals surface area contributed by atoms with Gasteiger partial charge in [0.2, 0.25) is 0 Å². The van der Waals surface area contributed by atoms with Gasteiger partial charge < -0.3 is 0 Å². The third kappa shape index (κ3) is 4.24. The molecule has 24 heavy (non-hydrogen) atoms. The van der Waals surface area contributed by atoms with E-state index < -0.39 is 0 Å². The molecule has 2 aliphatic rings. The minimum Gasteiger partial charge on any atom is -0.0625 e. The van der Waals surface area contributed by atoms with Crippen molar-refractivity contribution in [3.63, 3.8) is 0 Å². The van der Waals surface area contributed by atoms with E-state index in [2.05, 4.69) is 39.8 Å². The van der Waals surface area contributed by atoms with Crippen LogP contribution in [0.15, 0.2) is 12.1 Å². The SMILES string of the molecule is CC(C)C1CCCc2cc3c(cc2CC1)CCCC(C(C)C)CC3. The molecule has 0 aliphatic heterocycles. The maximum Gasteiger partial charge on any atom is -0.0273 e. The average Bonchev–Trinajstić information content (AvgIpc) is 2.49. The molecule has 2 aliphatic carbocycles. The van der Waals surface area contributed by atoms with Crippen molar-refractivity contribution in [3.05, 3.63) is 34.4 Å². The first-order valence-corrected chi connectivity index (χ1v) is 10.7. The van der Waals surface area contributed by atoms with Crippen molar-refractivity contribution in [1.29, 1.82) is 0 Å². The molecular formula is C24H38. The molecule has 0 nitrogen and oxygen atoms in total. The second-order valence-electron chi connectivity index (χ2n) is 9.26. The number of fused-ring (bicyclic) bond motifs is 2. The molecule has 0 saturated heterocycles. The van der Waals surface area contributed by atoms with Crippen LogP contribution in [-0.4, -0.2) is 0 Å². The smallest absolute Gasteiger partial charge is 0.0273 e. The molecule has 134 valence electrons. The molecule has 1 aromatic carbocycles. The van der Waals surface area contributed by atoms with Crippen molar-refractivity contribution in [1.82, 2.24) is 0 Å². The van der Waals surface area contributed by atoms with Gasteiger partial charge in [-0.2, -0.15) is 0 Å². The molecule has 0 heterocycles. The molecule has 0 heteroatoms. The maximum atomic E-state index is 2.63. The first kappa shape index (κ1) is 18.0. The van der Waals surface area contributed by atoms with Crippen LogP contribution >= 0.6 is 0 Å². The highest BCUT2D eigenvalue weighted by atomic mass is 14.3. The van der Waals surface area contributed by atoms with E-state index in [0.717, 1.165) is 23.7 Å². The largest absolute Gasteiger partial charge is 0.0625 e. The van der Waals surface area contributed by atoms with E-state index >= 15 is 0 Å². The fourth-order valence-corrected chi connectivity index (χ4v) is 5.14. The second kappa shape index (κ2) is 8.07. The number of hydrogen-bond acceptors (Lipinski definition) is 0. The summed E-state index contributed by atoms with van der Waals surface area (Å²) in [5.74, 6) is 3.58. The zero-order valence-electron chi connectivity index (χ0n) is 16.5. The monoisotopic (exact) mass is 326 g/mol. The first-order valence-electron chi connectivity index (χ1n) is 10.7. The highest BCUT2D eigenvalue weighted by Gasteiger charge is 2.21. The predicted molar refractivity (Wildman–Crippen MR) is 106 cm³/mol. The third-order valence-electron chi connectivity index (χ3n) is 7.02. The lowest BCUT2D eigenvalue weighted by Gasteiger charge is -2.28. The van der Waals surface area contributed by atoms with Crippen LogP contribution in [0.4, 0.5) is 0 Å². The van der Waals surface area contributed by atoms with Crippen molar-refractivity contribution in [2.75, 3.05) is 0 Å². The highest BCUT2D eigenvalue weighted by Crippen LogP contribution is 2.33. The highest BCUT2D eigenvalue weighted by molar-refractivity contribution is 5.40. The molecule has 2 atom stereocenters. The standard InChI is InChI=1S/C24H38/c1-17(2)19-7-5-9-21-16-24-14-12-20(18(3)4)8-6-10-22(24)15-23(21)13-11-19/h15-20H,5-14H2,1-4H3. The Morgan fingerprint density at radius 3 is 1.33 bits per heavy atom. The Morgan fingerprint density at radius 1 is 0.583 bits per heavy atom. The van der Waals surface area contributed by atoms with Gasteiger partial charge in [-0.3, -0.25) is 0 Å². The molecule has 1 aromatic rings. The van der Waals surface area contributed by atoms with Crippen molar-refractivity contribution in [3.8, 4) is 0 Å². The van der Waals surface area contributed by atoms with Crippen LogP contribution in [0.5, 0.6) is 0 Å². The fraction of sp³-hybridized carbons (Fsp3) is 0.750. The van der Waals surface area contributed by atoms with Crippen molar-refractivity contribution in [2.24, 2.45) is 23.7 Å². The van der Waals surface area contributed by atoms with E-state index in [1.54, 1.807) is 22.3 Å². The third-order valence-corrected chi connectivity index (χ3v) is 7.02. The summed E-state index contributed by atoms with van der Waals surface area (Å²) >= 11 is 0. The fourth-order valence-electron chi connectivity index (χ4n) is 5.14. The minimum atomic E-state index is 0.851. The zero-order valence-corrected chi connectivity index (χ0v) is 16.5. The van der Waals surface area contributed by atoms with E-state index in [4.69, 9.17) is 0 Å². The molecule has 0 aromatic heterocycles. The molecule has 0 spiro atoms. The van der Waals surface area contributed by atoms with Crippen molar-refractivity contribution >= 4 is 0 Å². The van der Waals surface area contributed by atoms with E-state index in [1.165, 1.54) is 64.2 Å². The molecule has 2 unspecified atom stereocenters. The lowest BCUT2D eigenvalue weighted by Crippen LogP contribution is -2.16. The summed E-state index contributed by atoms with van der Waals surface area (Å²) in [6, 6.07) is 5.26. The van der Waals surface area contributed by atoms with Crippen LogP contribution in [0.2, 0.25) is 0 Å². The molecule has 3 rings (SSSR count). The molecule has 0 N–H and O–H groups in total. The number of benzene rings is 1. The van der Waals surface area contributed by atoms with Gasteiger partial charge in [-0.25, -0.2) is 0 Å². The topological polar surface area (TPSA) is 0 Å². The Morgan fingerprint density at radius 2 is 0.958 bits per heavy atom. The normalized spacial score (nSPS) is 25.4. The maximum absolute atomic E-state index is 2.63. The lowest BCUT2D eigenvalue weighted by atomic mass is 9.78. The predicted octanol–water partition coefficient (Wildman–Crippen LogP) is 6.77. The minimum absolute atomic E-state index is 0.851. The van der Waals surface area contributed by atoms with Gasteiger partial charge in [0.15, 0.2) is 0 Å². The van der Waals surface area contributed by atoms with Gasteiger partial charge in [-0.05, 0) is 110 Å². The Bertz CT molecular complexity index is 487. The summed E-state index contributed by atoms with van der Waals surface area (Å²) in [5, 5.41) is 0. The van der Waals surface area contributed by atoms with Crippen LogP contribution < -0.4 is 0 Å². The summed E-state index contributed by atoms with van der Waals surface area (Å²) in [6.07, 6.45) is 13.7. The van der Waals surface area contributed by atoms with Gasteiger partial charge in [0.25, 0.3) is 0 Å². The van der Waals surface area contributed by atoms with Gasteiger partial charge in [-0.15, -0.1) is 0 Å². The molecule has 0 bridgehead atoms. The Labute approximate surface area is 150 Å². The van der Waals surface area contributed by atoms with E-state index in [9.17, 15) is 0 Å². The summed E-state index contributed by atoms with van der Waals surface area (Å²) in [7, 11) is 0. The summed E-state index contributed by atoms with van der Waals surface area (Å²) in [4.78, 5) is 0. The van der Waals surface area contributed by atoms with Crippen molar-refractivity contribution < 1.29 is 0 Å². The van der Waals surface area contributed by atoms with E-state index in [1.807, 2.05) is 0 Å². The van der Waals surface area contributed by atoms with Crippen LogP contribution in [0.1, 0.15) is 88.5 Å². The Balaban J connectivity index is 1.80. The van der Waals surface area contributed by atoms with Crippen LogP contribution in [0.25, 0.3) is 0 Å². The van der Waals surface area contributed by atoms with Gasteiger partial charge in [-0.1, -0.05) is 39.8 Å². The van der Waals surface area contributed by atoms with Crippen molar-refractivity contribution in [2.45, 2.75) is 91.9 Å². The van der Waals surface area contributed by atoms with E-state index in [-0.39, 0.29) is 0 Å². The Hall–Kier alpha value is -0.780. The van der Waals surface area contributed by atoms with Gasteiger partial charge in [0.05, 0.1) is 0 Å². The number of rotatable bonds is 2. The molecule has 0 fully saturated rings. The summed E-state index contributed by atoms with van der Waals surface area (Å²) in [5.41, 5.74) is 6.77. The lowest BCUT2D eigenvalue weighted by molar-refractivity contribution is 0.321. The van der Waals surface area contributed by atoms with Crippen LogP contribution in [-0.2, 0) is 25.7 Å². The first-order chi connectivity index (χ1) is 11.5. The summed E-state index contributed by atoms with van der Waals surface area (Å²) < 4.78 is 0. The second-order valence-corrected chi connectivity index (χ2v) is 9.26. The van der Waals surface area contributed by atoms with Gasteiger partial charge in [0, 0.05) is 0 Å². The molecule has 0 saturated carbocycles. The van der Waals surface area contributed by atoms with Crippen LogP contribution in [0.3, 0.4) is 0 Å². The summed E-state index contributed by atoms with van der Waals surface area (Å²) in [6.45, 7) is 9.66. The van der Waals surface area contributed by atoms with Gasteiger partial charge >= 0.3 is 0 Å². The molecule has 0 amide bonds.